The second-order valence-corrected chi connectivity index (χ2v) is 31.6. The lowest BCUT2D eigenvalue weighted by Gasteiger charge is -2.48. The Morgan fingerprint density at radius 1 is 0.422 bits per heavy atom. The summed E-state index contributed by atoms with van der Waals surface area (Å²) in [6.07, 6.45) is 6.96. The normalized spacial score (nSPS) is 19.0. The fraction of sp³-hybridized carbons (Fsp3) is 0.359. The topological polar surface area (TPSA) is 9.72 Å². The van der Waals surface area contributed by atoms with Crippen molar-refractivity contribution in [2.45, 2.75) is 180 Å². The predicted octanol–water partition coefficient (Wildman–Crippen LogP) is 20.5. The van der Waals surface area contributed by atoms with Crippen molar-refractivity contribution >= 4 is 95.0 Å². The summed E-state index contributed by atoms with van der Waals surface area (Å²) in [4.78, 5) is 8.04. The SMILES string of the molecule is CC(C)(C)c1ccc(N2c3cc(N(c4ccccc4)c4ccccc4)cc4c3B(c3cc5c(cc3N4c3ccc4c(c3)C(C)(C)CCC4(C)C)C(C)(C)CCC5(C)C)c3sc4cc5c(cc4c32)C(C)(C)CCC5(C)C)c(-c2ccccc2)c1. The lowest BCUT2D eigenvalue weighted by molar-refractivity contribution is 0.332. The van der Waals surface area contributed by atoms with Crippen LogP contribution in [0.3, 0.4) is 0 Å². The summed E-state index contributed by atoms with van der Waals surface area (Å²) in [5.41, 5.74) is 26.6. The molecule has 5 aliphatic rings. The van der Waals surface area contributed by atoms with E-state index < -0.39 is 0 Å². The van der Waals surface area contributed by atoms with E-state index in [1.807, 2.05) is 0 Å². The highest BCUT2D eigenvalue weighted by Crippen LogP contribution is 2.57. The van der Waals surface area contributed by atoms with Gasteiger partial charge in [0.25, 0.3) is 6.71 Å². The Bertz CT molecular complexity index is 4050. The molecule has 1 aromatic heterocycles. The molecule has 420 valence electrons. The number of thiophene rings is 1. The highest BCUT2D eigenvalue weighted by Gasteiger charge is 2.50. The predicted molar refractivity (Wildman–Crippen MR) is 361 cm³/mol. The number of rotatable bonds is 6. The van der Waals surface area contributed by atoms with Crippen LogP contribution in [-0.2, 0) is 37.9 Å². The summed E-state index contributed by atoms with van der Waals surface area (Å²) in [6, 6.07) is 64.4. The monoisotopic (exact) mass is 1110 g/mol. The Labute approximate surface area is 500 Å². The average molecular weight is 1110 g/mol. The first-order valence-corrected chi connectivity index (χ1v) is 31.9. The van der Waals surface area contributed by atoms with Gasteiger partial charge >= 0.3 is 0 Å². The molecule has 3 nitrogen and oxygen atoms in total. The first-order chi connectivity index (χ1) is 39.2. The lowest BCUT2D eigenvalue weighted by Crippen LogP contribution is -2.61. The van der Waals surface area contributed by atoms with E-state index in [0.29, 0.717) is 0 Å². The molecule has 0 unspecified atom stereocenters. The van der Waals surface area contributed by atoms with Gasteiger partial charge in [0.2, 0.25) is 0 Å². The third-order valence-corrected chi connectivity index (χ3v) is 22.4. The Balaban J connectivity index is 1.19. The Morgan fingerprint density at radius 3 is 1.46 bits per heavy atom. The summed E-state index contributed by atoms with van der Waals surface area (Å²) >= 11 is 2.07. The van der Waals surface area contributed by atoms with E-state index in [-0.39, 0.29) is 44.6 Å². The molecule has 3 aliphatic carbocycles. The molecular formula is C78H84BN3S. The standard InChI is InChI=1S/C78H84BN3S/c1-72(2,3)50-31-34-64(55(41-50)49-25-19-16-20-26-49)82-67-44-54(80(51-27-21-17-22-28-51)52-29-23-18-24-30-52)43-66-69(67)79(71-70(82)56-45-59-62(48-68(56)83-71)78(14,15)40-37-75(59,8)9)63-46-60-61(77(12,13)39-38-76(60,10)11)47-65(63)81(66)53-32-33-57-58(42-53)74(6,7)36-35-73(57,4)5/h16-34,41-48H,35-40H2,1-15H3. The molecular weight excluding hydrogens is 1020 g/mol. The Hall–Kier alpha value is -6.82. The second kappa shape index (κ2) is 18.3. The summed E-state index contributed by atoms with van der Waals surface area (Å²) in [7, 11) is 0. The van der Waals surface area contributed by atoms with E-state index in [1.54, 1.807) is 0 Å². The fourth-order valence-corrected chi connectivity index (χ4v) is 16.9. The minimum atomic E-state index is -0.0674. The van der Waals surface area contributed by atoms with Crippen molar-refractivity contribution in [2.24, 2.45) is 0 Å². The van der Waals surface area contributed by atoms with Crippen molar-refractivity contribution in [3.63, 3.8) is 0 Å². The number of anilines is 9. The van der Waals surface area contributed by atoms with Crippen molar-refractivity contribution in [3.8, 4) is 11.1 Å². The maximum atomic E-state index is 2.77. The van der Waals surface area contributed by atoms with Crippen LogP contribution in [-0.4, -0.2) is 6.71 Å². The van der Waals surface area contributed by atoms with E-state index in [1.165, 1.54) is 123 Å². The smallest absolute Gasteiger partial charge is 0.264 e. The van der Waals surface area contributed by atoms with E-state index in [9.17, 15) is 0 Å². The van der Waals surface area contributed by atoms with Crippen molar-refractivity contribution in [1.82, 2.24) is 0 Å². The van der Waals surface area contributed by atoms with Gasteiger partial charge in [0.1, 0.15) is 0 Å². The van der Waals surface area contributed by atoms with E-state index in [0.717, 1.165) is 42.7 Å². The first-order valence-electron chi connectivity index (χ1n) is 31.1. The molecule has 5 heteroatoms. The molecule has 0 fully saturated rings. The molecule has 0 N–H and O–H groups in total. The molecule has 0 saturated heterocycles. The van der Waals surface area contributed by atoms with Crippen LogP contribution in [0.5, 0.6) is 0 Å². The quantitative estimate of drug-likeness (QED) is 0.154. The molecule has 0 spiro atoms. The van der Waals surface area contributed by atoms with Crippen LogP contribution >= 0.6 is 11.3 Å². The molecule has 9 aromatic rings. The van der Waals surface area contributed by atoms with Gasteiger partial charge in [-0.1, -0.05) is 189 Å². The van der Waals surface area contributed by atoms with Crippen LogP contribution in [0.15, 0.2) is 164 Å². The van der Waals surface area contributed by atoms with Crippen molar-refractivity contribution in [3.05, 3.63) is 203 Å². The highest BCUT2D eigenvalue weighted by atomic mass is 32.1. The van der Waals surface area contributed by atoms with Crippen LogP contribution in [0, 0.1) is 0 Å². The maximum absolute atomic E-state index is 2.77. The van der Waals surface area contributed by atoms with Crippen molar-refractivity contribution < 1.29 is 0 Å². The summed E-state index contributed by atoms with van der Waals surface area (Å²) in [6.45, 7) is 37.0. The Morgan fingerprint density at radius 2 is 0.904 bits per heavy atom. The third-order valence-electron chi connectivity index (χ3n) is 21.2. The summed E-state index contributed by atoms with van der Waals surface area (Å²) < 4.78 is 2.81. The zero-order chi connectivity index (χ0) is 58.1. The van der Waals surface area contributed by atoms with E-state index in [4.69, 9.17) is 0 Å². The van der Waals surface area contributed by atoms with Gasteiger partial charge in [0.15, 0.2) is 0 Å². The molecule has 2 aliphatic heterocycles. The number of hydrogen-bond donors (Lipinski definition) is 0. The average Bonchev–Trinajstić information content (AvgIpc) is 1.99. The Kier molecular flexibility index (Phi) is 12.0. The van der Waals surface area contributed by atoms with Crippen molar-refractivity contribution in [1.29, 1.82) is 0 Å². The second-order valence-electron chi connectivity index (χ2n) is 30.6. The van der Waals surface area contributed by atoms with Crippen LogP contribution in [0.1, 0.15) is 181 Å². The first kappa shape index (κ1) is 54.1. The van der Waals surface area contributed by atoms with Crippen LogP contribution in [0.25, 0.3) is 21.2 Å². The molecule has 0 radical (unpaired) electrons. The van der Waals surface area contributed by atoms with E-state index >= 15 is 0 Å². The minimum absolute atomic E-state index is 0.00397. The van der Waals surface area contributed by atoms with Crippen molar-refractivity contribution in [2.75, 3.05) is 14.7 Å². The number of fused-ring (bicyclic) bond motifs is 9. The van der Waals surface area contributed by atoms with Gasteiger partial charge in [-0.2, -0.15) is 0 Å². The van der Waals surface area contributed by atoms with Gasteiger partial charge in [-0.15, -0.1) is 11.3 Å². The van der Waals surface area contributed by atoms with E-state index in [2.05, 4.69) is 294 Å². The molecule has 83 heavy (non-hydrogen) atoms. The molecule has 0 saturated carbocycles. The van der Waals surface area contributed by atoms with Gasteiger partial charge in [0.05, 0.1) is 17.1 Å². The van der Waals surface area contributed by atoms with Crippen LogP contribution < -0.4 is 30.4 Å². The number of hydrogen-bond acceptors (Lipinski definition) is 4. The molecule has 3 heterocycles. The van der Waals surface area contributed by atoms with Crippen LogP contribution in [0.4, 0.5) is 51.2 Å². The number of benzene rings is 8. The van der Waals surface area contributed by atoms with Gasteiger partial charge in [0, 0.05) is 54.6 Å². The van der Waals surface area contributed by atoms with Crippen LogP contribution in [0.2, 0.25) is 0 Å². The zero-order valence-electron chi connectivity index (χ0n) is 52.2. The van der Waals surface area contributed by atoms with Gasteiger partial charge < -0.3 is 14.7 Å². The third kappa shape index (κ3) is 8.46. The molecule has 0 atom stereocenters. The fourth-order valence-electron chi connectivity index (χ4n) is 15.6. The summed E-state index contributed by atoms with van der Waals surface area (Å²) in [5, 5.41) is 1.36. The highest BCUT2D eigenvalue weighted by molar-refractivity contribution is 7.33. The lowest BCUT2D eigenvalue weighted by atomic mass is 9.35. The molecule has 8 aromatic carbocycles. The maximum Gasteiger partial charge on any atom is 0.264 e. The largest absolute Gasteiger partial charge is 0.311 e. The number of nitrogens with zero attached hydrogens (tertiary/aromatic N) is 3. The zero-order valence-corrected chi connectivity index (χ0v) is 53.0. The van der Waals surface area contributed by atoms with Gasteiger partial charge in [-0.05, 0) is 211 Å². The minimum Gasteiger partial charge on any atom is -0.311 e. The molecule has 0 amide bonds. The number of para-hydroxylation sites is 2. The summed E-state index contributed by atoms with van der Waals surface area (Å²) in [5.74, 6) is 0. The molecule has 14 rings (SSSR count). The molecule has 0 bridgehead atoms. The van der Waals surface area contributed by atoms with Gasteiger partial charge in [-0.3, -0.25) is 0 Å². The van der Waals surface area contributed by atoms with Gasteiger partial charge in [-0.25, -0.2) is 0 Å².